The molecule has 0 bridgehead atoms. The van der Waals surface area contributed by atoms with Gasteiger partial charge in [0.1, 0.15) is 6.04 Å². The van der Waals surface area contributed by atoms with E-state index in [9.17, 15) is 18.0 Å². The second-order valence-electron chi connectivity index (χ2n) is 6.28. The van der Waals surface area contributed by atoms with Crippen molar-refractivity contribution in [1.29, 1.82) is 0 Å². The van der Waals surface area contributed by atoms with Gasteiger partial charge in [0.15, 0.2) is 0 Å². The number of nitrogens with one attached hydrogen (secondary N) is 2. The van der Waals surface area contributed by atoms with Crippen LogP contribution in [0.15, 0.2) is 47.4 Å². The smallest absolute Gasteiger partial charge is 0.326 e. The molecule has 0 radical (unpaired) electrons. The third-order valence-corrected chi connectivity index (χ3v) is 5.38. The van der Waals surface area contributed by atoms with Crippen LogP contribution in [0.3, 0.4) is 0 Å². The number of carbonyl (C=O) groups excluding carboxylic acids is 1. The van der Waals surface area contributed by atoms with E-state index >= 15 is 0 Å². The summed E-state index contributed by atoms with van der Waals surface area (Å²) >= 11 is 0. The maximum Gasteiger partial charge on any atom is 0.326 e. The number of carboxylic acid groups (broad SMARTS) is 1. The molecule has 1 atom stereocenters. The average molecular weight is 378 g/mol. The second kappa shape index (κ2) is 8.29. The van der Waals surface area contributed by atoms with E-state index in [1.54, 1.807) is 26.0 Å². The first-order valence-electron chi connectivity index (χ1n) is 8.21. The van der Waals surface area contributed by atoms with Crippen LogP contribution in [0.4, 0.5) is 0 Å². The first-order valence-corrected chi connectivity index (χ1v) is 9.69. The second-order valence-corrected chi connectivity index (χ2v) is 8.05. The van der Waals surface area contributed by atoms with Gasteiger partial charge in [0.05, 0.1) is 4.90 Å². The molecule has 8 heteroatoms. The van der Waals surface area contributed by atoms with Crippen molar-refractivity contribution in [2.24, 2.45) is 5.92 Å². The molecule has 7 nitrogen and oxygen atoms in total. The third kappa shape index (κ3) is 5.03. The number of carboxylic acids is 1. The largest absolute Gasteiger partial charge is 0.480 e. The van der Waals surface area contributed by atoms with Crippen LogP contribution in [0.5, 0.6) is 0 Å². The van der Waals surface area contributed by atoms with E-state index in [4.69, 9.17) is 5.11 Å². The number of sulfonamides is 1. The van der Waals surface area contributed by atoms with Crippen LogP contribution in [-0.4, -0.2) is 38.0 Å². The first kappa shape index (κ1) is 19.9. The average Bonchev–Trinajstić information content (AvgIpc) is 2.58. The molecule has 26 heavy (non-hydrogen) atoms. The monoisotopic (exact) mass is 378 g/mol. The predicted octanol–water partition coefficient (Wildman–Crippen LogP) is 1.73. The van der Waals surface area contributed by atoms with Crippen molar-refractivity contribution in [2.45, 2.75) is 31.2 Å². The zero-order valence-electron chi connectivity index (χ0n) is 14.6. The molecular formula is C18H22N2O5S. The van der Waals surface area contributed by atoms with Gasteiger partial charge in [0.25, 0.3) is 0 Å². The summed E-state index contributed by atoms with van der Waals surface area (Å²) in [6.45, 7) is 3.24. The minimum atomic E-state index is -3.75. The van der Waals surface area contributed by atoms with Gasteiger partial charge in [0.2, 0.25) is 15.9 Å². The van der Waals surface area contributed by atoms with Gasteiger partial charge in [-0.3, -0.25) is 4.79 Å². The van der Waals surface area contributed by atoms with Crippen LogP contribution in [0.1, 0.15) is 20.3 Å². The van der Waals surface area contributed by atoms with Gasteiger partial charge < -0.3 is 10.4 Å². The molecule has 0 fully saturated rings. The zero-order chi connectivity index (χ0) is 19.3. The van der Waals surface area contributed by atoms with Crippen LogP contribution in [0.2, 0.25) is 0 Å². The molecular weight excluding hydrogens is 356 g/mol. The van der Waals surface area contributed by atoms with Crippen LogP contribution in [-0.2, 0) is 19.6 Å². The van der Waals surface area contributed by atoms with Crippen LogP contribution in [0.25, 0.3) is 10.8 Å². The summed E-state index contributed by atoms with van der Waals surface area (Å²) < 4.78 is 27.1. The van der Waals surface area contributed by atoms with Gasteiger partial charge in [-0.15, -0.1) is 0 Å². The van der Waals surface area contributed by atoms with Gasteiger partial charge in [-0.1, -0.05) is 44.2 Å². The lowest BCUT2D eigenvalue weighted by Crippen LogP contribution is -2.45. The molecule has 0 aromatic heterocycles. The molecule has 3 N–H and O–H groups in total. The Morgan fingerprint density at radius 3 is 2.35 bits per heavy atom. The van der Waals surface area contributed by atoms with Gasteiger partial charge in [0, 0.05) is 13.0 Å². The molecule has 2 aromatic rings. The van der Waals surface area contributed by atoms with Crippen molar-refractivity contribution in [3.05, 3.63) is 42.5 Å². The van der Waals surface area contributed by atoms with Crippen LogP contribution in [0, 0.1) is 5.92 Å². The normalized spacial score (nSPS) is 12.9. The van der Waals surface area contributed by atoms with E-state index in [1.807, 2.05) is 24.3 Å². The van der Waals surface area contributed by atoms with Crippen molar-refractivity contribution < 1.29 is 23.1 Å². The number of carbonyl (C=O) groups is 2. The summed E-state index contributed by atoms with van der Waals surface area (Å²) in [4.78, 5) is 23.0. The Kier molecular flexibility index (Phi) is 6.33. The van der Waals surface area contributed by atoms with Gasteiger partial charge in [-0.05, 0) is 28.8 Å². The molecule has 0 aliphatic rings. The van der Waals surface area contributed by atoms with E-state index in [1.165, 1.54) is 6.07 Å². The summed E-state index contributed by atoms with van der Waals surface area (Å²) in [5, 5.41) is 13.2. The zero-order valence-corrected chi connectivity index (χ0v) is 15.4. The number of amides is 1. The highest BCUT2D eigenvalue weighted by molar-refractivity contribution is 7.89. The number of aliphatic carboxylic acids is 1. The number of hydrogen-bond acceptors (Lipinski definition) is 4. The molecule has 140 valence electrons. The number of hydrogen-bond donors (Lipinski definition) is 3. The van der Waals surface area contributed by atoms with Gasteiger partial charge in [-0.2, -0.15) is 0 Å². The van der Waals surface area contributed by atoms with Crippen molar-refractivity contribution in [2.75, 3.05) is 6.54 Å². The van der Waals surface area contributed by atoms with Crippen LogP contribution < -0.4 is 10.0 Å². The molecule has 0 aliphatic heterocycles. The fourth-order valence-electron chi connectivity index (χ4n) is 2.48. The molecule has 2 aromatic carbocycles. The van der Waals surface area contributed by atoms with E-state index in [0.29, 0.717) is 0 Å². The highest BCUT2D eigenvalue weighted by Crippen LogP contribution is 2.18. The van der Waals surface area contributed by atoms with E-state index < -0.39 is 27.9 Å². The van der Waals surface area contributed by atoms with E-state index in [2.05, 4.69) is 10.0 Å². The van der Waals surface area contributed by atoms with Crippen LogP contribution >= 0.6 is 0 Å². The Bertz CT molecular complexity index is 909. The van der Waals surface area contributed by atoms with Crippen molar-refractivity contribution >= 4 is 32.7 Å². The highest BCUT2D eigenvalue weighted by Gasteiger charge is 2.23. The molecule has 0 heterocycles. The Hall–Kier alpha value is -2.45. The molecule has 0 aliphatic carbocycles. The fraction of sp³-hybridized carbons (Fsp3) is 0.333. The Morgan fingerprint density at radius 2 is 1.73 bits per heavy atom. The Morgan fingerprint density at radius 1 is 1.08 bits per heavy atom. The molecule has 1 amide bonds. The van der Waals surface area contributed by atoms with Crippen molar-refractivity contribution in [3.63, 3.8) is 0 Å². The summed E-state index contributed by atoms with van der Waals surface area (Å²) in [6, 6.07) is 11.2. The topological polar surface area (TPSA) is 113 Å². The number of benzene rings is 2. The minimum Gasteiger partial charge on any atom is -0.480 e. The Labute approximate surface area is 152 Å². The SMILES string of the molecule is CC(C)[C@@H](NC(=O)CCNS(=O)(=O)c1ccc2ccccc2c1)C(=O)O. The standard InChI is InChI=1S/C18H22N2O5S/c1-12(2)17(18(22)23)20-16(21)9-10-19-26(24,25)15-8-7-13-5-3-4-6-14(13)11-15/h3-8,11-12,17,19H,9-10H2,1-2H3,(H,20,21)(H,22,23)/t17-/m1/s1. The van der Waals surface area contributed by atoms with E-state index in [0.717, 1.165) is 10.8 Å². The van der Waals surface area contributed by atoms with E-state index in [-0.39, 0.29) is 23.8 Å². The number of fused-ring (bicyclic) bond motifs is 1. The lowest BCUT2D eigenvalue weighted by molar-refractivity contribution is -0.143. The maximum atomic E-state index is 12.4. The predicted molar refractivity (Wildman–Crippen MR) is 98.2 cm³/mol. The van der Waals surface area contributed by atoms with Crippen molar-refractivity contribution in [3.8, 4) is 0 Å². The molecule has 0 saturated carbocycles. The van der Waals surface area contributed by atoms with Gasteiger partial charge in [-0.25, -0.2) is 17.9 Å². The molecule has 0 spiro atoms. The molecule has 2 rings (SSSR count). The summed E-state index contributed by atoms with van der Waals surface area (Å²) in [7, 11) is -3.75. The first-order chi connectivity index (χ1) is 12.2. The third-order valence-electron chi connectivity index (χ3n) is 3.92. The lowest BCUT2D eigenvalue weighted by atomic mass is 10.0. The minimum absolute atomic E-state index is 0.113. The molecule has 0 unspecified atom stereocenters. The molecule has 0 saturated heterocycles. The lowest BCUT2D eigenvalue weighted by Gasteiger charge is -2.17. The summed E-state index contributed by atoms with van der Waals surface area (Å²) in [5.74, 6) is -1.91. The maximum absolute atomic E-state index is 12.4. The summed E-state index contributed by atoms with van der Waals surface area (Å²) in [6.07, 6.45) is -0.149. The quantitative estimate of drug-likeness (QED) is 0.648. The fourth-order valence-corrected chi connectivity index (χ4v) is 3.54. The summed E-state index contributed by atoms with van der Waals surface area (Å²) in [5.41, 5.74) is 0. The Balaban J connectivity index is 1.97. The van der Waals surface area contributed by atoms with Gasteiger partial charge >= 0.3 is 5.97 Å². The highest BCUT2D eigenvalue weighted by atomic mass is 32.2. The van der Waals surface area contributed by atoms with Crippen molar-refractivity contribution in [1.82, 2.24) is 10.0 Å². The number of rotatable bonds is 8.